The van der Waals surface area contributed by atoms with Gasteiger partial charge in [-0.05, 0) is 0 Å². The molecule has 0 aromatic carbocycles. The molecule has 38 valence electrons. The van der Waals surface area contributed by atoms with E-state index < -0.39 is 4.58 Å². The van der Waals surface area contributed by atoms with Crippen molar-refractivity contribution in [1.82, 2.24) is 0 Å². The predicted octanol–water partition coefficient (Wildman–Crippen LogP) is 1.23. The molecule has 0 saturated carbocycles. The maximum absolute atomic E-state index is 5.34. The summed E-state index contributed by atoms with van der Waals surface area (Å²) in [5.41, 5.74) is 0. The highest BCUT2D eigenvalue weighted by Gasteiger charge is 2.20. The van der Waals surface area contributed by atoms with Gasteiger partial charge < -0.3 is 0 Å². The van der Waals surface area contributed by atoms with Gasteiger partial charge in [-0.25, -0.2) is 9.98 Å². The smallest absolute Gasteiger partial charge is 0.233 e. The summed E-state index contributed by atoms with van der Waals surface area (Å²) in [5.74, 6) is 0. The molecule has 4 heteroatoms. The van der Waals surface area contributed by atoms with E-state index in [9.17, 15) is 0 Å². The molecule has 0 spiro atoms. The number of nitrogens with zero attached hydrogens (tertiary/aromatic N) is 2. The van der Waals surface area contributed by atoms with Crippen LogP contribution in [0.3, 0.4) is 0 Å². The third-order valence-corrected chi connectivity index (χ3v) is 0.917. The average molecular weight is 137 g/mol. The van der Waals surface area contributed by atoms with Gasteiger partial charge in [0.25, 0.3) is 0 Å². The minimum atomic E-state index is -1.22. The summed E-state index contributed by atoms with van der Waals surface area (Å²) < 4.78 is -1.22. The zero-order valence-corrected chi connectivity index (χ0v) is 4.82. The van der Waals surface area contributed by atoms with Crippen molar-refractivity contribution in [3.63, 3.8) is 0 Å². The molecular weight excluding hydrogens is 135 g/mol. The fourth-order valence-corrected chi connectivity index (χ4v) is 0.505. The third-order valence-electron chi connectivity index (χ3n) is 0.526. The van der Waals surface area contributed by atoms with E-state index in [1.54, 1.807) is 0 Å². The predicted molar refractivity (Wildman–Crippen MR) is 31.4 cm³/mol. The summed E-state index contributed by atoms with van der Waals surface area (Å²) in [6.07, 6.45) is 2.92. The second-order valence-corrected chi connectivity index (χ2v) is 2.31. The van der Waals surface area contributed by atoms with Gasteiger partial charge in [-0.1, -0.05) is 23.2 Å². The molecule has 1 heterocycles. The lowest BCUT2D eigenvalue weighted by atomic mass is 10.9. The number of alkyl halides is 2. The fourth-order valence-electron chi connectivity index (χ4n) is 0.279. The molecular formula is C3H2Cl2N2. The molecule has 0 aromatic heterocycles. The van der Waals surface area contributed by atoms with E-state index >= 15 is 0 Å². The second kappa shape index (κ2) is 1.46. The maximum atomic E-state index is 5.34. The summed E-state index contributed by atoms with van der Waals surface area (Å²) >= 11 is 10.7. The lowest BCUT2D eigenvalue weighted by molar-refractivity contribution is 0.915. The van der Waals surface area contributed by atoms with Gasteiger partial charge in [-0.3, -0.25) is 0 Å². The van der Waals surface area contributed by atoms with Crippen LogP contribution in [-0.4, -0.2) is 17.0 Å². The van der Waals surface area contributed by atoms with Crippen LogP contribution >= 0.6 is 23.2 Å². The summed E-state index contributed by atoms with van der Waals surface area (Å²) in [6, 6.07) is 0. The van der Waals surface area contributed by atoms with Crippen molar-refractivity contribution in [2.45, 2.75) is 4.58 Å². The minimum absolute atomic E-state index is 1.22. The number of aliphatic imine (C=N–C) groups is 2. The van der Waals surface area contributed by atoms with Crippen LogP contribution in [0.15, 0.2) is 9.98 Å². The quantitative estimate of drug-likeness (QED) is 0.354. The Hall–Kier alpha value is -0.0800. The van der Waals surface area contributed by atoms with E-state index in [0.717, 1.165) is 0 Å². The summed E-state index contributed by atoms with van der Waals surface area (Å²) in [4.78, 5) is 7.10. The zero-order valence-electron chi connectivity index (χ0n) is 3.31. The van der Waals surface area contributed by atoms with Crippen molar-refractivity contribution in [3.8, 4) is 0 Å². The lowest BCUT2D eigenvalue weighted by Crippen LogP contribution is -1.97. The van der Waals surface area contributed by atoms with E-state index in [1.807, 2.05) is 0 Å². The van der Waals surface area contributed by atoms with Crippen molar-refractivity contribution in [3.05, 3.63) is 0 Å². The van der Waals surface area contributed by atoms with Gasteiger partial charge in [0.15, 0.2) is 0 Å². The van der Waals surface area contributed by atoms with E-state index in [4.69, 9.17) is 23.2 Å². The molecule has 1 rings (SSSR count). The Morgan fingerprint density at radius 2 is 1.57 bits per heavy atom. The van der Waals surface area contributed by atoms with Crippen molar-refractivity contribution >= 4 is 35.6 Å². The first-order valence-electron chi connectivity index (χ1n) is 1.67. The van der Waals surface area contributed by atoms with Crippen LogP contribution in [0.2, 0.25) is 0 Å². The molecule has 0 N–H and O–H groups in total. The van der Waals surface area contributed by atoms with Crippen LogP contribution < -0.4 is 0 Å². The van der Waals surface area contributed by atoms with Gasteiger partial charge >= 0.3 is 4.58 Å². The molecule has 0 atom stereocenters. The van der Waals surface area contributed by atoms with Gasteiger partial charge in [0.1, 0.15) is 0 Å². The van der Waals surface area contributed by atoms with Crippen LogP contribution in [-0.2, 0) is 0 Å². The first kappa shape index (κ1) is 5.06. The fraction of sp³-hybridized carbons (Fsp3) is 0.333. The zero-order chi connectivity index (χ0) is 5.33. The van der Waals surface area contributed by atoms with Crippen LogP contribution in [0.25, 0.3) is 0 Å². The first-order valence-corrected chi connectivity index (χ1v) is 2.43. The highest BCUT2D eigenvalue weighted by atomic mass is 35.5. The second-order valence-electron chi connectivity index (χ2n) is 1.07. The molecule has 1 aliphatic rings. The Morgan fingerprint density at radius 3 is 1.71 bits per heavy atom. The molecule has 0 aliphatic carbocycles. The molecule has 0 aromatic rings. The molecule has 2 nitrogen and oxygen atoms in total. The normalized spacial score (nSPS) is 23.7. The minimum Gasteiger partial charge on any atom is -0.233 e. The number of halogens is 2. The summed E-state index contributed by atoms with van der Waals surface area (Å²) in [5, 5.41) is 0. The standard InChI is InChI=1S/C3H2Cl2N2/c4-3(5)6-1-2-7-3/h1-2H. The SMILES string of the molecule is ClC1(Cl)N=CC=N1. The van der Waals surface area contributed by atoms with Crippen molar-refractivity contribution in [1.29, 1.82) is 0 Å². The van der Waals surface area contributed by atoms with E-state index in [1.165, 1.54) is 12.4 Å². The molecule has 0 unspecified atom stereocenters. The topological polar surface area (TPSA) is 24.7 Å². The Labute approximate surface area is 50.9 Å². The van der Waals surface area contributed by atoms with Crippen molar-refractivity contribution < 1.29 is 0 Å². The monoisotopic (exact) mass is 136 g/mol. The van der Waals surface area contributed by atoms with Crippen molar-refractivity contribution in [2.24, 2.45) is 9.98 Å². The lowest BCUT2D eigenvalue weighted by Gasteiger charge is -1.98. The molecule has 0 saturated heterocycles. The third kappa shape index (κ3) is 1.14. The average Bonchev–Trinajstić information content (AvgIpc) is 1.84. The van der Waals surface area contributed by atoms with Crippen LogP contribution in [0.4, 0.5) is 0 Å². The molecule has 7 heavy (non-hydrogen) atoms. The van der Waals surface area contributed by atoms with E-state index in [0.29, 0.717) is 0 Å². The molecule has 0 fully saturated rings. The van der Waals surface area contributed by atoms with Crippen LogP contribution in [0.1, 0.15) is 0 Å². The molecule has 0 bridgehead atoms. The Kier molecular flexibility index (Phi) is 1.05. The maximum Gasteiger partial charge on any atom is 0.305 e. The largest absolute Gasteiger partial charge is 0.305 e. The summed E-state index contributed by atoms with van der Waals surface area (Å²) in [6.45, 7) is 0. The number of hydrogen-bond donors (Lipinski definition) is 0. The van der Waals surface area contributed by atoms with Gasteiger partial charge in [0.05, 0.1) is 0 Å². The van der Waals surface area contributed by atoms with Gasteiger partial charge in [0.2, 0.25) is 0 Å². The number of rotatable bonds is 0. The Balaban J connectivity index is 2.77. The van der Waals surface area contributed by atoms with Crippen molar-refractivity contribution in [2.75, 3.05) is 0 Å². The molecule has 0 radical (unpaired) electrons. The number of hydrogen-bond acceptors (Lipinski definition) is 2. The first-order chi connectivity index (χ1) is 3.21. The highest BCUT2D eigenvalue weighted by molar-refractivity contribution is 6.50. The molecule has 1 aliphatic heterocycles. The van der Waals surface area contributed by atoms with Gasteiger partial charge in [-0.15, -0.1) is 0 Å². The van der Waals surface area contributed by atoms with Gasteiger partial charge in [0, 0.05) is 12.4 Å². The van der Waals surface area contributed by atoms with Crippen LogP contribution in [0, 0.1) is 0 Å². The summed E-state index contributed by atoms with van der Waals surface area (Å²) in [7, 11) is 0. The Bertz CT molecular complexity index is 113. The van der Waals surface area contributed by atoms with E-state index in [-0.39, 0.29) is 0 Å². The van der Waals surface area contributed by atoms with E-state index in [2.05, 4.69) is 9.98 Å². The van der Waals surface area contributed by atoms with Crippen LogP contribution in [0.5, 0.6) is 0 Å². The van der Waals surface area contributed by atoms with Gasteiger partial charge in [-0.2, -0.15) is 0 Å². The Morgan fingerprint density at radius 1 is 1.14 bits per heavy atom. The highest BCUT2D eigenvalue weighted by Crippen LogP contribution is 2.24. The molecule has 0 amide bonds.